The Morgan fingerprint density at radius 1 is 1.44 bits per heavy atom. The van der Waals surface area contributed by atoms with Crippen LogP contribution in [0.25, 0.3) is 0 Å². The monoisotopic (exact) mass is 249 g/mol. The van der Waals surface area contributed by atoms with Crippen LogP contribution in [0.4, 0.5) is 0 Å². The molecule has 0 spiro atoms. The number of carbonyl (C=O) groups excluding carboxylic acids is 2. The fraction of sp³-hybridized carbons (Fsp3) is 0.538. The molecule has 1 aliphatic heterocycles. The number of nitrogens with zero attached hydrogens (tertiary/aromatic N) is 2. The highest BCUT2D eigenvalue weighted by Gasteiger charge is 2.27. The Balaban J connectivity index is 1.98. The summed E-state index contributed by atoms with van der Waals surface area (Å²) in [6, 6.07) is 4.10. The first-order valence-corrected chi connectivity index (χ1v) is 6.34. The van der Waals surface area contributed by atoms with E-state index in [0.717, 1.165) is 12.2 Å². The molecule has 0 fully saturated rings. The molecule has 2 rings (SSSR count). The quantitative estimate of drug-likeness (QED) is 0.866. The van der Waals surface area contributed by atoms with Crippen molar-refractivity contribution >= 4 is 11.8 Å². The summed E-state index contributed by atoms with van der Waals surface area (Å²) in [5.41, 5.74) is 1.15. The molecule has 1 N–H and O–H groups in total. The molecule has 0 radical (unpaired) electrons. The minimum atomic E-state index is -0.0867. The lowest BCUT2D eigenvalue weighted by Gasteiger charge is -2.35. The molecule has 2 amide bonds. The number of aromatic nitrogens is 1. The van der Waals surface area contributed by atoms with E-state index in [-0.39, 0.29) is 24.4 Å². The zero-order valence-electron chi connectivity index (χ0n) is 10.8. The molecular weight excluding hydrogens is 230 g/mol. The van der Waals surface area contributed by atoms with Crippen LogP contribution >= 0.6 is 0 Å². The second kappa shape index (κ2) is 5.25. The van der Waals surface area contributed by atoms with Crippen LogP contribution in [0.5, 0.6) is 0 Å². The van der Waals surface area contributed by atoms with Gasteiger partial charge in [-0.3, -0.25) is 9.59 Å². The van der Waals surface area contributed by atoms with Crippen LogP contribution in [0, 0.1) is 0 Å². The van der Waals surface area contributed by atoms with Gasteiger partial charge in [0.2, 0.25) is 11.8 Å². The van der Waals surface area contributed by atoms with Crippen molar-refractivity contribution in [2.75, 3.05) is 13.1 Å². The molecule has 0 bridgehead atoms. The van der Waals surface area contributed by atoms with Gasteiger partial charge in [-0.2, -0.15) is 0 Å². The smallest absolute Gasteiger partial charge is 0.242 e. The predicted octanol–water partition coefficient (Wildman–Crippen LogP) is 0.917. The maximum Gasteiger partial charge on any atom is 0.242 e. The van der Waals surface area contributed by atoms with Crippen LogP contribution in [0.3, 0.4) is 0 Å². The second-order valence-electron chi connectivity index (χ2n) is 4.52. The van der Waals surface area contributed by atoms with E-state index in [2.05, 4.69) is 9.88 Å². The summed E-state index contributed by atoms with van der Waals surface area (Å²) in [5, 5.41) is 2.63. The first-order chi connectivity index (χ1) is 8.63. The third kappa shape index (κ3) is 2.39. The lowest BCUT2D eigenvalue weighted by Crippen LogP contribution is -2.45. The Morgan fingerprint density at radius 3 is 2.94 bits per heavy atom. The predicted molar refractivity (Wildman–Crippen MR) is 67.9 cm³/mol. The van der Waals surface area contributed by atoms with E-state index in [1.807, 2.05) is 30.2 Å². The van der Waals surface area contributed by atoms with Gasteiger partial charge in [-0.25, -0.2) is 0 Å². The van der Waals surface area contributed by atoms with E-state index >= 15 is 0 Å². The number of nitrogens with one attached hydrogen (secondary N) is 1. The molecule has 5 nitrogen and oxygen atoms in total. The summed E-state index contributed by atoms with van der Waals surface area (Å²) in [7, 11) is 0. The number of fused-ring (bicyclic) bond motifs is 1. The molecule has 18 heavy (non-hydrogen) atoms. The van der Waals surface area contributed by atoms with E-state index in [9.17, 15) is 9.59 Å². The molecule has 98 valence electrons. The van der Waals surface area contributed by atoms with Crippen molar-refractivity contribution in [3.05, 3.63) is 24.0 Å². The molecule has 0 aliphatic carbocycles. The summed E-state index contributed by atoms with van der Waals surface area (Å²) in [5.74, 6) is -0.104. The van der Waals surface area contributed by atoms with Gasteiger partial charge in [0.15, 0.2) is 0 Å². The van der Waals surface area contributed by atoms with E-state index in [1.54, 1.807) is 6.92 Å². The van der Waals surface area contributed by atoms with E-state index in [0.29, 0.717) is 13.0 Å². The fourth-order valence-corrected chi connectivity index (χ4v) is 2.32. The molecular formula is C13H19N3O2. The van der Waals surface area contributed by atoms with Crippen LogP contribution in [0.2, 0.25) is 0 Å². The second-order valence-corrected chi connectivity index (χ2v) is 4.52. The Hall–Kier alpha value is -1.78. The molecule has 5 heteroatoms. The van der Waals surface area contributed by atoms with Gasteiger partial charge in [-0.15, -0.1) is 0 Å². The van der Waals surface area contributed by atoms with Crippen LogP contribution in [0.1, 0.15) is 32.0 Å². The number of hydrogen-bond donors (Lipinski definition) is 1. The number of amides is 2. The normalized spacial score (nSPS) is 18.3. The van der Waals surface area contributed by atoms with E-state index < -0.39 is 0 Å². The number of rotatable bonds is 3. The summed E-state index contributed by atoms with van der Waals surface area (Å²) >= 11 is 0. The van der Waals surface area contributed by atoms with Gasteiger partial charge in [0, 0.05) is 31.4 Å². The summed E-state index contributed by atoms with van der Waals surface area (Å²) < 4.78 is 2.17. The molecule has 1 unspecified atom stereocenters. The Labute approximate surface area is 107 Å². The highest BCUT2D eigenvalue weighted by Crippen LogP contribution is 2.24. The van der Waals surface area contributed by atoms with Crippen molar-refractivity contribution in [3.8, 4) is 0 Å². The van der Waals surface area contributed by atoms with Crippen molar-refractivity contribution in [2.45, 2.75) is 32.9 Å². The molecule has 1 aliphatic rings. The molecule has 1 aromatic heterocycles. The largest absolute Gasteiger partial charge is 0.348 e. The average molecular weight is 249 g/mol. The van der Waals surface area contributed by atoms with E-state index in [1.165, 1.54) is 0 Å². The summed E-state index contributed by atoms with van der Waals surface area (Å²) in [4.78, 5) is 25.0. The minimum absolute atomic E-state index is 0.0169. The molecule has 2 heterocycles. The fourth-order valence-electron chi connectivity index (χ4n) is 2.32. The average Bonchev–Trinajstić information content (AvgIpc) is 2.85. The number of carbonyl (C=O) groups is 2. The first-order valence-electron chi connectivity index (χ1n) is 6.34. The first kappa shape index (κ1) is 12.7. The molecule has 0 saturated heterocycles. The summed E-state index contributed by atoms with van der Waals surface area (Å²) in [6.45, 7) is 5.41. The van der Waals surface area contributed by atoms with Gasteiger partial charge in [0.1, 0.15) is 0 Å². The van der Waals surface area contributed by atoms with Crippen molar-refractivity contribution in [1.82, 2.24) is 14.8 Å². The van der Waals surface area contributed by atoms with Gasteiger partial charge in [-0.05, 0) is 19.1 Å². The third-order valence-corrected chi connectivity index (χ3v) is 3.42. The maximum absolute atomic E-state index is 12.1. The minimum Gasteiger partial charge on any atom is -0.348 e. The standard InChI is InChI=1S/C13H19N3O2/c1-3-12(17)14-9-13(18)16-8-7-15-6-4-5-11(15)10(16)2/h4-6,10H,3,7-9H2,1-2H3,(H,14,17). The Kier molecular flexibility index (Phi) is 3.69. The number of hydrogen-bond acceptors (Lipinski definition) is 2. The van der Waals surface area contributed by atoms with Crippen molar-refractivity contribution in [1.29, 1.82) is 0 Å². The Bertz CT molecular complexity index is 453. The van der Waals surface area contributed by atoms with Gasteiger partial charge in [0.25, 0.3) is 0 Å². The van der Waals surface area contributed by atoms with Gasteiger partial charge in [-0.1, -0.05) is 6.92 Å². The van der Waals surface area contributed by atoms with Crippen molar-refractivity contribution in [3.63, 3.8) is 0 Å². The van der Waals surface area contributed by atoms with E-state index in [4.69, 9.17) is 0 Å². The molecule has 1 aromatic rings. The zero-order chi connectivity index (χ0) is 13.1. The van der Waals surface area contributed by atoms with Gasteiger partial charge < -0.3 is 14.8 Å². The third-order valence-electron chi connectivity index (χ3n) is 3.42. The highest BCUT2D eigenvalue weighted by atomic mass is 16.2. The van der Waals surface area contributed by atoms with Gasteiger partial charge in [0.05, 0.1) is 12.6 Å². The topological polar surface area (TPSA) is 54.3 Å². The lowest BCUT2D eigenvalue weighted by atomic mass is 10.1. The van der Waals surface area contributed by atoms with Gasteiger partial charge >= 0.3 is 0 Å². The van der Waals surface area contributed by atoms with Crippen molar-refractivity contribution in [2.24, 2.45) is 0 Å². The lowest BCUT2D eigenvalue weighted by molar-refractivity contribution is -0.135. The van der Waals surface area contributed by atoms with Crippen LogP contribution in [0.15, 0.2) is 18.3 Å². The molecule has 0 saturated carbocycles. The maximum atomic E-state index is 12.1. The summed E-state index contributed by atoms with van der Waals surface area (Å²) in [6.07, 6.45) is 2.44. The van der Waals surface area contributed by atoms with Crippen molar-refractivity contribution < 1.29 is 9.59 Å². The van der Waals surface area contributed by atoms with Crippen LogP contribution < -0.4 is 5.32 Å². The molecule has 0 aromatic carbocycles. The van der Waals surface area contributed by atoms with Crippen LogP contribution in [-0.4, -0.2) is 34.4 Å². The highest BCUT2D eigenvalue weighted by molar-refractivity contribution is 5.84. The Morgan fingerprint density at radius 2 is 2.22 bits per heavy atom. The SMILES string of the molecule is CCC(=O)NCC(=O)N1CCn2cccc2C1C. The van der Waals surface area contributed by atoms with Crippen LogP contribution in [-0.2, 0) is 16.1 Å². The zero-order valence-corrected chi connectivity index (χ0v) is 10.8. The molecule has 1 atom stereocenters.